The second-order valence-electron chi connectivity index (χ2n) is 7.51. The largest absolute Gasteiger partial charge is 0.482 e. The maximum atomic E-state index is 12.6. The summed E-state index contributed by atoms with van der Waals surface area (Å²) in [4.78, 5) is 32.7. The quantitative estimate of drug-likeness (QED) is 0.678. The third-order valence-corrected chi connectivity index (χ3v) is 4.29. The lowest BCUT2D eigenvalue weighted by Crippen LogP contribution is -2.28. The molecule has 0 saturated carbocycles. The van der Waals surface area contributed by atoms with Gasteiger partial charge < -0.3 is 15.4 Å². The fourth-order valence-corrected chi connectivity index (χ4v) is 2.61. The van der Waals surface area contributed by atoms with Crippen molar-refractivity contribution in [2.75, 3.05) is 11.9 Å². The molecule has 1 unspecified atom stereocenters. The minimum absolute atomic E-state index is 0.0442. The minimum atomic E-state index is -4.46. The first-order valence-corrected chi connectivity index (χ1v) is 9.62. The lowest BCUT2D eigenvalue weighted by Gasteiger charge is -2.17. The van der Waals surface area contributed by atoms with E-state index in [1.165, 1.54) is 13.0 Å². The summed E-state index contributed by atoms with van der Waals surface area (Å²) in [6, 6.07) is 4.38. The van der Waals surface area contributed by atoms with Gasteiger partial charge in [-0.1, -0.05) is 13.8 Å². The highest BCUT2D eigenvalue weighted by Gasteiger charge is 2.29. The number of hydrogen-bond acceptors (Lipinski definition) is 5. The lowest BCUT2D eigenvalue weighted by molar-refractivity contribution is -0.153. The molecule has 0 aromatic carbocycles. The Morgan fingerprint density at radius 2 is 1.81 bits per heavy atom. The van der Waals surface area contributed by atoms with Gasteiger partial charge in [-0.05, 0) is 50.1 Å². The molecule has 0 aliphatic heterocycles. The number of rotatable bonds is 7. The molecule has 0 aliphatic rings. The highest BCUT2D eigenvalue weighted by molar-refractivity contribution is 5.93. The van der Waals surface area contributed by atoms with Crippen molar-refractivity contribution >= 4 is 17.6 Å². The molecule has 2 amide bonds. The molecule has 2 aromatic heterocycles. The number of hydrogen-bond donors (Lipinski definition) is 2. The SMILES string of the molecule is Cc1cc(C(C)NC(=O)c2cc(C)c(OCC(F)(F)F)cn2)cc(NC(=O)C(C)C)n1. The van der Waals surface area contributed by atoms with Crippen molar-refractivity contribution in [3.63, 3.8) is 0 Å². The van der Waals surface area contributed by atoms with Crippen LogP contribution in [-0.4, -0.2) is 34.6 Å². The van der Waals surface area contributed by atoms with E-state index in [9.17, 15) is 22.8 Å². The van der Waals surface area contributed by atoms with Gasteiger partial charge in [-0.2, -0.15) is 13.2 Å². The van der Waals surface area contributed by atoms with Gasteiger partial charge in [0.1, 0.15) is 17.3 Å². The Morgan fingerprint density at radius 3 is 2.39 bits per heavy atom. The van der Waals surface area contributed by atoms with Gasteiger partial charge in [0.15, 0.2) is 6.61 Å². The van der Waals surface area contributed by atoms with Crippen LogP contribution >= 0.6 is 0 Å². The summed E-state index contributed by atoms with van der Waals surface area (Å²) in [6.07, 6.45) is -3.37. The van der Waals surface area contributed by atoms with Gasteiger partial charge in [-0.25, -0.2) is 9.97 Å². The second-order valence-corrected chi connectivity index (χ2v) is 7.51. The molecule has 0 bridgehead atoms. The Hall–Kier alpha value is -3.17. The van der Waals surface area contributed by atoms with E-state index in [0.717, 1.165) is 11.8 Å². The van der Waals surface area contributed by atoms with E-state index in [4.69, 9.17) is 4.74 Å². The zero-order chi connectivity index (χ0) is 23.3. The van der Waals surface area contributed by atoms with E-state index in [1.54, 1.807) is 39.8 Å². The number of alkyl halides is 3. The van der Waals surface area contributed by atoms with Crippen molar-refractivity contribution in [1.29, 1.82) is 0 Å². The molecular formula is C21H25F3N4O3. The topological polar surface area (TPSA) is 93.2 Å². The molecule has 1 atom stereocenters. The zero-order valence-electron chi connectivity index (χ0n) is 17.9. The van der Waals surface area contributed by atoms with E-state index in [-0.39, 0.29) is 23.3 Å². The Labute approximate surface area is 178 Å². The predicted molar refractivity (Wildman–Crippen MR) is 109 cm³/mol. The number of carbonyl (C=O) groups is 2. The lowest BCUT2D eigenvalue weighted by atomic mass is 10.1. The fraction of sp³-hybridized carbons (Fsp3) is 0.429. The summed E-state index contributed by atoms with van der Waals surface area (Å²) in [5, 5.41) is 5.51. The van der Waals surface area contributed by atoms with Crippen LogP contribution < -0.4 is 15.4 Å². The van der Waals surface area contributed by atoms with Crippen molar-refractivity contribution in [3.8, 4) is 5.75 Å². The summed E-state index contributed by atoms with van der Waals surface area (Å²) in [5.41, 5.74) is 1.79. The Balaban J connectivity index is 2.11. The number of anilines is 1. The van der Waals surface area contributed by atoms with Gasteiger partial charge in [0, 0.05) is 11.6 Å². The van der Waals surface area contributed by atoms with Gasteiger partial charge in [0.2, 0.25) is 5.91 Å². The first-order chi connectivity index (χ1) is 14.4. The molecule has 2 N–H and O–H groups in total. The van der Waals surface area contributed by atoms with Crippen LogP contribution in [0, 0.1) is 19.8 Å². The van der Waals surface area contributed by atoms with E-state index in [1.807, 2.05) is 0 Å². The average molecular weight is 438 g/mol. The molecule has 168 valence electrons. The molecule has 31 heavy (non-hydrogen) atoms. The third kappa shape index (κ3) is 7.23. The monoisotopic (exact) mass is 438 g/mol. The Morgan fingerprint density at radius 1 is 1.13 bits per heavy atom. The molecule has 0 radical (unpaired) electrons. The summed E-state index contributed by atoms with van der Waals surface area (Å²) >= 11 is 0. The van der Waals surface area contributed by atoms with E-state index in [0.29, 0.717) is 17.1 Å². The van der Waals surface area contributed by atoms with E-state index < -0.39 is 24.7 Å². The number of nitrogens with one attached hydrogen (secondary N) is 2. The van der Waals surface area contributed by atoms with Crippen molar-refractivity contribution in [1.82, 2.24) is 15.3 Å². The highest BCUT2D eigenvalue weighted by Crippen LogP contribution is 2.22. The number of halogens is 3. The third-order valence-electron chi connectivity index (χ3n) is 4.29. The molecule has 10 heteroatoms. The molecule has 0 spiro atoms. The van der Waals surface area contributed by atoms with Gasteiger partial charge in [-0.15, -0.1) is 0 Å². The molecule has 2 rings (SSSR count). The first-order valence-electron chi connectivity index (χ1n) is 9.62. The number of ether oxygens (including phenoxy) is 1. The molecular weight excluding hydrogens is 413 g/mol. The Kier molecular flexibility index (Phi) is 7.59. The number of aryl methyl sites for hydroxylation is 2. The van der Waals surface area contributed by atoms with Crippen molar-refractivity contribution in [3.05, 3.63) is 46.9 Å². The van der Waals surface area contributed by atoms with Crippen LogP contribution in [0.2, 0.25) is 0 Å². The number of aromatic nitrogens is 2. The number of pyridine rings is 2. The smallest absolute Gasteiger partial charge is 0.422 e. The van der Waals surface area contributed by atoms with Gasteiger partial charge >= 0.3 is 6.18 Å². The first kappa shape index (κ1) is 24.1. The zero-order valence-corrected chi connectivity index (χ0v) is 17.9. The van der Waals surface area contributed by atoms with Crippen LogP contribution in [0.25, 0.3) is 0 Å². The van der Waals surface area contributed by atoms with Crippen molar-refractivity contribution < 1.29 is 27.5 Å². The predicted octanol–water partition coefficient (Wildman–Crippen LogP) is 4.12. The summed E-state index contributed by atoms with van der Waals surface area (Å²) in [7, 11) is 0. The maximum absolute atomic E-state index is 12.6. The van der Waals surface area contributed by atoms with E-state index in [2.05, 4.69) is 20.6 Å². The number of amides is 2. The van der Waals surface area contributed by atoms with Crippen molar-refractivity contribution in [2.24, 2.45) is 5.92 Å². The van der Waals surface area contributed by atoms with Gasteiger partial charge in [0.25, 0.3) is 5.91 Å². The van der Waals surface area contributed by atoms with Crippen LogP contribution in [0.15, 0.2) is 24.4 Å². The van der Waals surface area contributed by atoms with Crippen LogP contribution in [0.3, 0.4) is 0 Å². The summed E-state index contributed by atoms with van der Waals surface area (Å²) in [6.45, 7) is 7.16. The van der Waals surface area contributed by atoms with E-state index >= 15 is 0 Å². The summed E-state index contributed by atoms with van der Waals surface area (Å²) in [5.74, 6) is -0.541. The normalized spacial score (nSPS) is 12.4. The van der Waals surface area contributed by atoms with Crippen LogP contribution in [0.4, 0.5) is 19.0 Å². The maximum Gasteiger partial charge on any atom is 0.422 e. The Bertz CT molecular complexity index is 961. The molecule has 7 nitrogen and oxygen atoms in total. The molecule has 0 aliphatic carbocycles. The van der Waals surface area contributed by atoms with Gasteiger partial charge in [0.05, 0.1) is 12.2 Å². The van der Waals surface area contributed by atoms with Crippen LogP contribution in [0.1, 0.15) is 54.1 Å². The van der Waals surface area contributed by atoms with Crippen molar-refractivity contribution in [2.45, 2.75) is 46.8 Å². The number of carbonyl (C=O) groups excluding carboxylic acids is 2. The molecule has 0 fully saturated rings. The van der Waals surface area contributed by atoms with Crippen LogP contribution in [0.5, 0.6) is 5.75 Å². The molecule has 2 aromatic rings. The standard InChI is InChI=1S/C21H25F3N4O3/c1-11(2)19(29)28-18-8-15(7-13(4)26-18)14(5)27-20(30)16-6-12(3)17(9-25-16)31-10-21(22,23)24/h6-9,11,14H,10H2,1-5H3,(H,27,30)(H,26,28,29). The van der Waals surface area contributed by atoms with Gasteiger partial charge in [-0.3, -0.25) is 9.59 Å². The molecule has 2 heterocycles. The summed E-state index contributed by atoms with van der Waals surface area (Å²) < 4.78 is 41.6. The fourth-order valence-electron chi connectivity index (χ4n) is 2.61. The highest BCUT2D eigenvalue weighted by atomic mass is 19.4. The molecule has 0 saturated heterocycles. The second kappa shape index (κ2) is 9.76. The van der Waals surface area contributed by atoms with Crippen LogP contribution in [-0.2, 0) is 4.79 Å². The number of nitrogens with zero attached hydrogens (tertiary/aromatic N) is 2. The minimum Gasteiger partial charge on any atom is -0.482 e. The average Bonchev–Trinajstić information content (AvgIpc) is 2.65.